The molecule has 10 heteroatoms. The highest BCUT2D eigenvalue weighted by Gasteiger charge is 2.18. The number of carbonyl (C=O) groups is 2. The van der Waals surface area contributed by atoms with E-state index >= 15 is 0 Å². The van der Waals surface area contributed by atoms with E-state index in [0.29, 0.717) is 28.1 Å². The lowest BCUT2D eigenvalue weighted by atomic mass is 10.2. The second-order valence-electron chi connectivity index (χ2n) is 7.56. The molecule has 0 aliphatic carbocycles. The summed E-state index contributed by atoms with van der Waals surface area (Å²) in [6, 6.07) is 15.2. The lowest BCUT2D eigenvalue weighted by Gasteiger charge is -2.14. The molecule has 0 aliphatic rings. The van der Waals surface area contributed by atoms with E-state index in [1.54, 1.807) is 53.9 Å². The number of nitrogens with one attached hydrogen (secondary N) is 1. The fourth-order valence-corrected chi connectivity index (χ4v) is 4.56. The van der Waals surface area contributed by atoms with Crippen molar-refractivity contribution in [2.24, 2.45) is 0 Å². The van der Waals surface area contributed by atoms with Gasteiger partial charge in [0.2, 0.25) is 5.91 Å². The predicted molar refractivity (Wildman–Crippen MR) is 133 cm³/mol. The van der Waals surface area contributed by atoms with Crippen LogP contribution >= 0.6 is 11.3 Å². The average Bonchev–Trinajstić information content (AvgIpc) is 3.35. The van der Waals surface area contributed by atoms with Gasteiger partial charge in [-0.15, -0.1) is 11.3 Å². The van der Waals surface area contributed by atoms with Gasteiger partial charge in [0.1, 0.15) is 17.0 Å². The van der Waals surface area contributed by atoms with E-state index in [2.05, 4.69) is 5.32 Å². The van der Waals surface area contributed by atoms with Crippen molar-refractivity contribution in [3.05, 3.63) is 91.9 Å². The van der Waals surface area contributed by atoms with Crippen LogP contribution in [-0.2, 0) is 22.6 Å². The first kappa shape index (κ1) is 24.0. The number of benzene rings is 2. The summed E-state index contributed by atoms with van der Waals surface area (Å²) in [6.07, 6.45) is 0. The molecule has 0 bridgehead atoms. The number of fused-ring (bicyclic) bond motifs is 1. The molecule has 0 saturated heterocycles. The number of aromatic nitrogens is 2. The third-order valence-corrected chi connectivity index (χ3v) is 6.19. The van der Waals surface area contributed by atoms with Crippen molar-refractivity contribution in [3.8, 4) is 5.75 Å². The summed E-state index contributed by atoms with van der Waals surface area (Å²) < 4.78 is 13.0. The highest BCUT2D eigenvalue weighted by atomic mass is 32.1. The van der Waals surface area contributed by atoms with Crippen molar-refractivity contribution in [1.82, 2.24) is 9.13 Å². The van der Waals surface area contributed by atoms with Gasteiger partial charge in [-0.25, -0.2) is 9.59 Å². The molecule has 0 saturated carbocycles. The minimum Gasteiger partial charge on any atom is -0.494 e. The summed E-state index contributed by atoms with van der Waals surface area (Å²) >= 11 is 1.20. The normalized spacial score (nSPS) is 10.8. The largest absolute Gasteiger partial charge is 0.494 e. The molecule has 9 nitrogen and oxygen atoms in total. The average molecular weight is 494 g/mol. The first-order valence-electron chi connectivity index (χ1n) is 10.8. The second kappa shape index (κ2) is 10.4. The fourth-order valence-electron chi connectivity index (χ4n) is 3.72. The summed E-state index contributed by atoms with van der Waals surface area (Å²) in [7, 11) is 1.25. The summed E-state index contributed by atoms with van der Waals surface area (Å²) in [6.45, 7) is 2.04. The zero-order valence-electron chi connectivity index (χ0n) is 19.1. The Labute approximate surface area is 204 Å². The van der Waals surface area contributed by atoms with Gasteiger partial charge in [-0.05, 0) is 48.2 Å². The fraction of sp³-hybridized carbons (Fsp3) is 0.200. The first-order chi connectivity index (χ1) is 16.9. The van der Waals surface area contributed by atoms with Gasteiger partial charge in [-0.3, -0.25) is 18.7 Å². The second-order valence-corrected chi connectivity index (χ2v) is 8.48. The molecule has 0 unspecified atom stereocenters. The van der Waals surface area contributed by atoms with Crippen LogP contribution < -0.4 is 21.3 Å². The summed E-state index contributed by atoms with van der Waals surface area (Å²) in [4.78, 5) is 51.4. The molecule has 0 spiro atoms. The van der Waals surface area contributed by atoms with Gasteiger partial charge in [0.25, 0.3) is 5.56 Å². The monoisotopic (exact) mass is 493 g/mol. The summed E-state index contributed by atoms with van der Waals surface area (Å²) in [5.41, 5.74) is 0.513. The molecule has 1 N–H and O–H groups in total. The molecular formula is C25H23N3O6S. The number of hydrogen-bond donors (Lipinski definition) is 1. The highest BCUT2D eigenvalue weighted by Crippen LogP contribution is 2.19. The Kier molecular flexibility index (Phi) is 7.11. The summed E-state index contributed by atoms with van der Waals surface area (Å²) in [5, 5.41) is 4.36. The van der Waals surface area contributed by atoms with Gasteiger partial charge in [0.15, 0.2) is 0 Å². The molecular weight excluding hydrogens is 470 g/mol. The molecule has 2 heterocycles. The molecule has 35 heavy (non-hydrogen) atoms. The Balaban J connectivity index is 1.69. The molecule has 2 aromatic heterocycles. The number of anilines is 1. The molecule has 1 amide bonds. The SMILES string of the molecule is CCOc1cccc(Cn2c(=O)c3sccc3n(CC(=O)Nc3ccccc3C(=O)OC)c2=O)c1. The third-order valence-electron chi connectivity index (χ3n) is 5.29. The standard InChI is InChI=1S/C25H23N3O6S/c1-3-34-17-8-6-7-16(13-17)14-28-23(30)22-20(11-12-35-22)27(25(28)32)15-21(29)26-19-10-5-4-9-18(19)24(31)33-2/h4-13H,3,14-15H2,1-2H3,(H,26,29). The lowest BCUT2D eigenvalue weighted by Crippen LogP contribution is -2.41. The third kappa shape index (κ3) is 5.02. The highest BCUT2D eigenvalue weighted by molar-refractivity contribution is 7.17. The molecule has 4 rings (SSSR count). The van der Waals surface area contributed by atoms with E-state index in [9.17, 15) is 19.2 Å². The molecule has 0 radical (unpaired) electrons. The Morgan fingerprint density at radius 3 is 2.60 bits per heavy atom. The van der Waals surface area contributed by atoms with Crippen molar-refractivity contribution < 1.29 is 19.1 Å². The molecule has 180 valence electrons. The van der Waals surface area contributed by atoms with Gasteiger partial charge < -0.3 is 14.8 Å². The van der Waals surface area contributed by atoms with E-state index in [1.807, 2.05) is 6.92 Å². The number of methoxy groups -OCH3 is 1. The number of para-hydroxylation sites is 1. The van der Waals surface area contributed by atoms with Crippen LogP contribution in [0.25, 0.3) is 10.2 Å². The maximum absolute atomic E-state index is 13.4. The van der Waals surface area contributed by atoms with Crippen LogP contribution in [0.5, 0.6) is 5.75 Å². The number of thiophene rings is 1. The number of rotatable bonds is 8. The number of amides is 1. The first-order valence-corrected chi connectivity index (χ1v) is 11.7. The summed E-state index contributed by atoms with van der Waals surface area (Å²) in [5.74, 6) is -0.486. The predicted octanol–water partition coefficient (Wildman–Crippen LogP) is 3.10. The Morgan fingerprint density at radius 2 is 1.83 bits per heavy atom. The van der Waals surface area contributed by atoms with Crippen LogP contribution in [0.15, 0.2) is 69.6 Å². The molecule has 0 aliphatic heterocycles. The van der Waals surface area contributed by atoms with Crippen molar-refractivity contribution >= 4 is 39.1 Å². The van der Waals surface area contributed by atoms with Crippen LogP contribution in [0, 0.1) is 0 Å². The topological polar surface area (TPSA) is 109 Å². The Hall–Kier alpha value is -4.18. The lowest BCUT2D eigenvalue weighted by molar-refractivity contribution is -0.116. The van der Waals surface area contributed by atoms with Gasteiger partial charge in [0.05, 0.1) is 37.0 Å². The maximum atomic E-state index is 13.4. The van der Waals surface area contributed by atoms with E-state index in [0.717, 1.165) is 4.57 Å². The Bertz CT molecular complexity index is 1520. The zero-order chi connectivity index (χ0) is 24.9. The number of nitrogens with zero attached hydrogens (tertiary/aromatic N) is 2. The number of ether oxygens (including phenoxy) is 2. The number of esters is 1. The van der Waals surface area contributed by atoms with Gasteiger partial charge in [-0.1, -0.05) is 24.3 Å². The maximum Gasteiger partial charge on any atom is 0.339 e. The minimum absolute atomic E-state index is 0.0270. The van der Waals surface area contributed by atoms with Crippen molar-refractivity contribution in [1.29, 1.82) is 0 Å². The van der Waals surface area contributed by atoms with Crippen LogP contribution in [-0.4, -0.2) is 34.7 Å². The van der Waals surface area contributed by atoms with Gasteiger partial charge in [-0.2, -0.15) is 0 Å². The van der Waals surface area contributed by atoms with Crippen LogP contribution in [0.2, 0.25) is 0 Å². The van der Waals surface area contributed by atoms with E-state index in [1.165, 1.54) is 29.1 Å². The van der Waals surface area contributed by atoms with Crippen LogP contribution in [0.1, 0.15) is 22.8 Å². The van der Waals surface area contributed by atoms with E-state index < -0.39 is 23.1 Å². The smallest absolute Gasteiger partial charge is 0.339 e. The molecule has 2 aromatic carbocycles. The molecule has 0 fully saturated rings. The van der Waals surface area contributed by atoms with Crippen molar-refractivity contribution in [2.75, 3.05) is 19.0 Å². The minimum atomic E-state index is -0.612. The number of hydrogen-bond acceptors (Lipinski definition) is 7. The van der Waals surface area contributed by atoms with Gasteiger partial charge >= 0.3 is 11.7 Å². The quantitative estimate of drug-likeness (QED) is 0.378. The van der Waals surface area contributed by atoms with E-state index in [4.69, 9.17) is 9.47 Å². The Morgan fingerprint density at radius 1 is 1.03 bits per heavy atom. The van der Waals surface area contributed by atoms with E-state index in [-0.39, 0.29) is 24.3 Å². The van der Waals surface area contributed by atoms with Gasteiger partial charge in [0, 0.05) is 0 Å². The zero-order valence-corrected chi connectivity index (χ0v) is 20.0. The van der Waals surface area contributed by atoms with Crippen LogP contribution in [0.3, 0.4) is 0 Å². The van der Waals surface area contributed by atoms with Crippen LogP contribution in [0.4, 0.5) is 5.69 Å². The van der Waals surface area contributed by atoms with Crippen molar-refractivity contribution in [3.63, 3.8) is 0 Å². The molecule has 0 atom stereocenters. The molecule has 4 aromatic rings. The van der Waals surface area contributed by atoms with Crippen molar-refractivity contribution in [2.45, 2.75) is 20.0 Å². The number of carbonyl (C=O) groups excluding carboxylic acids is 2.